The molecule has 0 saturated carbocycles. The molecule has 1 nitrogen and oxygen atoms in total. The Bertz CT molecular complexity index is 692. The van der Waals surface area contributed by atoms with Crippen LogP contribution in [0.2, 0.25) is 0 Å². The number of nitrogens with zero attached hydrogens (tertiary/aromatic N) is 1. The fraction of sp³-hybridized carbons (Fsp3) is 0.500. The van der Waals surface area contributed by atoms with Crippen LogP contribution in [-0.2, 0) is 13.1 Å². The van der Waals surface area contributed by atoms with Crippen molar-refractivity contribution in [2.75, 3.05) is 13.1 Å². The Labute approximate surface area is 204 Å². The molecule has 0 amide bonds. The number of unbranched alkanes of at least 4 members (excludes halogenated alkanes) is 6. The summed E-state index contributed by atoms with van der Waals surface area (Å²) in [7, 11) is 0. The topological polar surface area (TPSA) is 0 Å². The molecular formula is C32H48N+. The van der Waals surface area contributed by atoms with E-state index in [-0.39, 0.29) is 0 Å². The van der Waals surface area contributed by atoms with E-state index in [0.29, 0.717) is 0 Å². The van der Waals surface area contributed by atoms with E-state index in [1.807, 2.05) is 0 Å². The molecule has 0 N–H and O–H groups in total. The van der Waals surface area contributed by atoms with Crippen molar-refractivity contribution in [3.8, 4) is 0 Å². The number of hydrogen-bond donors (Lipinski definition) is 0. The maximum Gasteiger partial charge on any atom is 0.105 e. The van der Waals surface area contributed by atoms with Gasteiger partial charge >= 0.3 is 0 Å². The lowest BCUT2D eigenvalue weighted by Gasteiger charge is -2.39. The van der Waals surface area contributed by atoms with Gasteiger partial charge in [0.2, 0.25) is 0 Å². The first kappa shape index (κ1) is 27.1. The molecular weight excluding hydrogens is 398 g/mol. The third-order valence-electron chi connectivity index (χ3n) is 6.51. The first-order valence-corrected chi connectivity index (χ1v) is 13.5. The van der Waals surface area contributed by atoms with Crippen molar-refractivity contribution in [3.05, 3.63) is 96.1 Å². The van der Waals surface area contributed by atoms with Gasteiger partial charge in [0.15, 0.2) is 0 Å². The molecule has 2 aromatic rings. The summed E-state index contributed by atoms with van der Waals surface area (Å²) >= 11 is 0. The van der Waals surface area contributed by atoms with Crippen LogP contribution in [0.25, 0.3) is 0 Å². The Balaban J connectivity index is 2.10. The quantitative estimate of drug-likeness (QED) is 0.122. The normalized spacial score (nSPS) is 12.2. The van der Waals surface area contributed by atoms with E-state index in [1.165, 1.54) is 88.4 Å². The van der Waals surface area contributed by atoms with Gasteiger partial charge in [-0.05, 0) is 25.7 Å². The Morgan fingerprint density at radius 1 is 0.515 bits per heavy atom. The number of rotatable bonds is 18. The summed E-state index contributed by atoms with van der Waals surface area (Å²) in [5.41, 5.74) is 2.93. The summed E-state index contributed by atoms with van der Waals surface area (Å²) < 4.78 is 1.15. The van der Waals surface area contributed by atoms with Crippen LogP contribution in [0.5, 0.6) is 0 Å². The predicted molar refractivity (Wildman–Crippen MR) is 146 cm³/mol. The molecule has 0 aromatic heterocycles. The van der Waals surface area contributed by atoms with Crippen LogP contribution >= 0.6 is 0 Å². The lowest BCUT2D eigenvalue weighted by atomic mass is 10.1. The van der Waals surface area contributed by atoms with Crippen molar-refractivity contribution in [1.29, 1.82) is 0 Å². The van der Waals surface area contributed by atoms with Crippen LogP contribution in [0.15, 0.2) is 85.0 Å². The Morgan fingerprint density at radius 3 is 1.24 bits per heavy atom. The minimum absolute atomic E-state index is 1.12. The molecule has 0 saturated heterocycles. The van der Waals surface area contributed by atoms with Crippen molar-refractivity contribution in [2.24, 2.45) is 0 Å². The maximum atomic E-state index is 2.42. The van der Waals surface area contributed by atoms with Gasteiger partial charge in [0, 0.05) is 24.0 Å². The lowest BCUT2D eigenvalue weighted by molar-refractivity contribution is -0.954. The van der Waals surface area contributed by atoms with Crippen molar-refractivity contribution in [1.82, 2.24) is 0 Å². The minimum atomic E-state index is 1.12. The van der Waals surface area contributed by atoms with E-state index in [1.54, 1.807) is 0 Å². The molecule has 0 fully saturated rings. The Morgan fingerprint density at radius 2 is 0.879 bits per heavy atom. The molecule has 2 aromatic carbocycles. The standard InChI is InChI=1S/C32H48N/c1-3-5-7-9-11-13-21-27-33(29-31-23-17-15-18-24-31,30-32-25-19-16-20-26-32)28-22-14-12-10-8-6-4-2/h9-12,15-20,23-26H,3-8,13-14,21-22,27-30H2,1-2H3/q+1/b11-9+,12-10+. The Kier molecular flexibility index (Phi) is 14.3. The third-order valence-corrected chi connectivity index (χ3v) is 6.51. The fourth-order valence-electron chi connectivity index (χ4n) is 4.63. The number of hydrogen-bond acceptors (Lipinski definition) is 0. The lowest BCUT2D eigenvalue weighted by Crippen LogP contribution is -2.48. The first-order valence-electron chi connectivity index (χ1n) is 13.5. The third kappa shape index (κ3) is 12.1. The molecule has 0 unspecified atom stereocenters. The molecule has 0 aliphatic carbocycles. The van der Waals surface area contributed by atoms with E-state index >= 15 is 0 Å². The van der Waals surface area contributed by atoms with Gasteiger partial charge in [0.1, 0.15) is 13.1 Å². The summed E-state index contributed by atoms with van der Waals surface area (Å²) in [5, 5.41) is 0. The summed E-state index contributed by atoms with van der Waals surface area (Å²) in [5.74, 6) is 0. The summed E-state index contributed by atoms with van der Waals surface area (Å²) in [4.78, 5) is 0. The van der Waals surface area contributed by atoms with Crippen molar-refractivity contribution >= 4 is 0 Å². The van der Waals surface area contributed by atoms with Crippen LogP contribution in [0.1, 0.15) is 89.2 Å². The molecule has 0 atom stereocenters. The van der Waals surface area contributed by atoms with Gasteiger partial charge in [-0.2, -0.15) is 0 Å². The zero-order chi connectivity index (χ0) is 23.5. The molecule has 0 bridgehead atoms. The molecule has 2 rings (SSSR count). The molecule has 0 radical (unpaired) electrons. The monoisotopic (exact) mass is 446 g/mol. The molecule has 0 aliphatic heterocycles. The van der Waals surface area contributed by atoms with Crippen LogP contribution in [0, 0.1) is 0 Å². The molecule has 1 heteroatoms. The van der Waals surface area contributed by atoms with Gasteiger partial charge in [-0.25, -0.2) is 0 Å². The second-order valence-electron chi connectivity index (χ2n) is 9.59. The summed E-state index contributed by atoms with van der Waals surface area (Å²) in [6.07, 6.45) is 22.2. The molecule has 0 heterocycles. The van der Waals surface area contributed by atoms with Crippen molar-refractivity contribution in [2.45, 2.75) is 91.1 Å². The highest BCUT2D eigenvalue weighted by molar-refractivity contribution is 5.15. The highest BCUT2D eigenvalue weighted by atomic mass is 15.3. The largest absolute Gasteiger partial charge is 0.316 e. The highest BCUT2D eigenvalue weighted by Crippen LogP contribution is 2.23. The van der Waals surface area contributed by atoms with E-state index in [9.17, 15) is 0 Å². The van der Waals surface area contributed by atoms with Gasteiger partial charge in [0.25, 0.3) is 0 Å². The van der Waals surface area contributed by atoms with E-state index in [2.05, 4.69) is 98.8 Å². The average molecular weight is 447 g/mol. The second-order valence-corrected chi connectivity index (χ2v) is 9.59. The second kappa shape index (κ2) is 17.4. The maximum absolute atomic E-state index is 2.42. The summed E-state index contributed by atoms with van der Waals surface area (Å²) in [6, 6.07) is 22.3. The van der Waals surface area contributed by atoms with Gasteiger partial charge in [-0.15, -0.1) is 0 Å². The number of quaternary nitrogens is 1. The predicted octanol–water partition coefficient (Wildman–Crippen LogP) is 9.26. The van der Waals surface area contributed by atoms with Gasteiger partial charge < -0.3 is 4.48 Å². The van der Waals surface area contributed by atoms with Gasteiger partial charge in [-0.1, -0.05) is 124 Å². The van der Waals surface area contributed by atoms with E-state index in [4.69, 9.17) is 0 Å². The van der Waals surface area contributed by atoms with Crippen LogP contribution < -0.4 is 0 Å². The zero-order valence-electron chi connectivity index (χ0n) is 21.4. The van der Waals surface area contributed by atoms with Crippen molar-refractivity contribution < 1.29 is 4.48 Å². The SMILES string of the molecule is CCCC/C=C/CCC[N+](CCC/C=C/CCCC)(Cc1ccccc1)Cc1ccccc1. The number of allylic oxidation sites excluding steroid dienone is 4. The molecule has 180 valence electrons. The van der Waals surface area contributed by atoms with Crippen LogP contribution in [0.4, 0.5) is 0 Å². The smallest absolute Gasteiger partial charge is 0.105 e. The zero-order valence-corrected chi connectivity index (χ0v) is 21.4. The van der Waals surface area contributed by atoms with Gasteiger partial charge in [0.05, 0.1) is 13.1 Å². The first-order chi connectivity index (χ1) is 16.3. The van der Waals surface area contributed by atoms with Crippen LogP contribution in [-0.4, -0.2) is 17.6 Å². The van der Waals surface area contributed by atoms with Crippen LogP contribution in [0.3, 0.4) is 0 Å². The van der Waals surface area contributed by atoms with E-state index < -0.39 is 0 Å². The van der Waals surface area contributed by atoms with E-state index in [0.717, 1.165) is 17.6 Å². The van der Waals surface area contributed by atoms with Gasteiger partial charge in [-0.3, -0.25) is 0 Å². The number of benzene rings is 2. The molecule has 33 heavy (non-hydrogen) atoms. The summed E-state index contributed by atoms with van der Waals surface area (Å²) in [6.45, 7) is 9.25. The fourth-order valence-corrected chi connectivity index (χ4v) is 4.63. The average Bonchev–Trinajstić information content (AvgIpc) is 2.84. The van der Waals surface area contributed by atoms with Crippen molar-refractivity contribution in [3.63, 3.8) is 0 Å². The molecule has 0 aliphatic rings. The minimum Gasteiger partial charge on any atom is -0.316 e. The Hall–Kier alpha value is -2.12. The highest BCUT2D eigenvalue weighted by Gasteiger charge is 2.27. The molecule has 0 spiro atoms.